The molecule has 1 saturated carbocycles. The van der Waals surface area contributed by atoms with E-state index in [4.69, 9.17) is 4.74 Å². The summed E-state index contributed by atoms with van der Waals surface area (Å²) < 4.78 is 5.99. The highest BCUT2D eigenvalue weighted by Crippen LogP contribution is 2.26. The molecule has 0 spiro atoms. The number of benzene rings is 1. The molecule has 1 aromatic carbocycles. The zero-order chi connectivity index (χ0) is 16.3. The summed E-state index contributed by atoms with van der Waals surface area (Å²) in [6.07, 6.45) is 5.56. The molecular formula is C19H29NO2. The van der Waals surface area contributed by atoms with Crippen LogP contribution in [0, 0.1) is 20.8 Å². The van der Waals surface area contributed by atoms with Gasteiger partial charge in [0.25, 0.3) is 5.91 Å². The summed E-state index contributed by atoms with van der Waals surface area (Å²) in [5.41, 5.74) is 3.49. The van der Waals surface area contributed by atoms with Crippen molar-refractivity contribution in [2.45, 2.75) is 71.9 Å². The van der Waals surface area contributed by atoms with E-state index in [0.717, 1.165) is 24.2 Å². The van der Waals surface area contributed by atoms with Crippen molar-refractivity contribution >= 4 is 5.91 Å². The molecule has 1 aliphatic rings. The topological polar surface area (TPSA) is 29.5 Å². The van der Waals surface area contributed by atoms with E-state index < -0.39 is 6.10 Å². The Balaban J connectivity index is 2.05. The van der Waals surface area contributed by atoms with E-state index in [-0.39, 0.29) is 5.91 Å². The van der Waals surface area contributed by atoms with Gasteiger partial charge in [-0.15, -0.1) is 0 Å². The van der Waals surface area contributed by atoms with Crippen molar-refractivity contribution in [2.24, 2.45) is 0 Å². The molecule has 2 rings (SSSR count). The van der Waals surface area contributed by atoms with E-state index >= 15 is 0 Å². The molecule has 122 valence electrons. The molecule has 1 fully saturated rings. The number of amides is 1. The summed E-state index contributed by atoms with van der Waals surface area (Å²) in [4.78, 5) is 14.5. The molecule has 3 heteroatoms. The van der Waals surface area contributed by atoms with Crippen molar-refractivity contribution in [3.05, 3.63) is 28.8 Å². The van der Waals surface area contributed by atoms with Crippen LogP contribution in [-0.2, 0) is 4.79 Å². The Morgan fingerprint density at radius 2 is 1.82 bits per heavy atom. The van der Waals surface area contributed by atoms with Crippen molar-refractivity contribution in [3.8, 4) is 5.75 Å². The first kappa shape index (κ1) is 16.9. The molecule has 0 unspecified atom stereocenters. The Bertz CT molecular complexity index is 532. The van der Waals surface area contributed by atoms with Crippen molar-refractivity contribution < 1.29 is 9.53 Å². The summed E-state index contributed by atoms with van der Waals surface area (Å²) in [5, 5.41) is 0. The van der Waals surface area contributed by atoms with Crippen LogP contribution in [0.2, 0.25) is 0 Å². The second kappa shape index (κ2) is 7.17. The van der Waals surface area contributed by atoms with E-state index in [1.165, 1.54) is 30.4 Å². The van der Waals surface area contributed by atoms with Gasteiger partial charge in [-0.1, -0.05) is 25.3 Å². The molecule has 1 aromatic rings. The molecule has 1 aliphatic carbocycles. The number of ether oxygens (including phenoxy) is 1. The minimum atomic E-state index is -0.438. The van der Waals surface area contributed by atoms with Crippen LogP contribution >= 0.6 is 0 Å². The SMILES string of the molecule is Cc1cc(C)c(C)c(O[C@@H](C)C(=O)N(C)C2CCCCC2)c1. The summed E-state index contributed by atoms with van der Waals surface area (Å²) in [6.45, 7) is 8.04. The molecule has 0 aliphatic heterocycles. The first-order valence-corrected chi connectivity index (χ1v) is 8.41. The molecule has 0 radical (unpaired) electrons. The third-order valence-corrected chi connectivity index (χ3v) is 4.89. The Morgan fingerprint density at radius 3 is 2.45 bits per heavy atom. The monoisotopic (exact) mass is 303 g/mol. The normalized spacial score (nSPS) is 17.1. The highest BCUT2D eigenvalue weighted by Gasteiger charge is 2.26. The number of rotatable bonds is 4. The standard InChI is InChI=1S/C19H29NO2/c1-13-11-14(2)15(3)18(12-13)22-16(4)19(21)20(5)17-9-7-6-8-10-17/h11-12,16-17H,6-10H2,1-5H3/t16-/m0/s1. The van der Waals surface area contributed by atoms with E-state index in [1.54, 1.807) is 0 Å². The lowest BCUT2D eigenvalue weighted by molar-refractivity contribution is -0.139. The predicted molar refractivity (Wildman–Crippen MR) is 90.4 cm³/mol. The minimum absolute atomic E-state index is 0.0884. The second-order valence-electron chi connectivity index (χ2n) is 6.71. The smallest absolute Gasteiger partial charge is 0.263 e. The molecule has 0 heterocycles. The Hall–Kier alpha value is -1.51. The molecule has 0 bridgehead atoms. The quantitative estimate of drug-likeness (QED) is 0.835. The summed E-state index contributed by atoms with van der Waals surface area (Å²) in [7, 11) is 1.92. The lowest BCUT2D eigenvalue weighted by atomic mass is 9.94. The number of hydrogen-bond acceptors (Lipinski definition) is 2. The van der Waals surface area contributed by atoms with Crippen LogP contribution in [0.4, 0.5) is 0 Å². The van der Waals surface area contributed by atoms with Gasteiger partial charge in [-0.05, 0) is 63.3 Å². The van der Waals surface area contributed by atoms with E-state index in [1.807, 2.05) is 31.9 Å². The van der Waals surface area contributed by atoms with Crippen molar-refractivity contribution in [1.82, 2.24) is 4.90 Å². The maximum absolute atomic E-state index is 12.6. The van der Waals surface area contributed by atoms with Gasteiger partial charge in [-0.2, -0.15) is 0 Å². The van der Waals surface area contributed by atoms with Gasteiger partial charge in [-0.25, -0.2) is 0 Å². The van der Waals surface area contributed by atoms with E-state index in [9.17, 15) is 4.79 Å². The summed E-state index contributed by atoms with van der Waals surface area (Å²) >= 11 is 0. The average Bonchev–Trinajstić information content (AvgIpc) is 2.51. The molecule has 1 amide bonds. The Labute approximate surface area is 134 Å². The first-order chi connectivity index (χ1) is 10.4. The third kappa shape index (κ3) is 3.82. The number of hydrogen-bond donors (Lipinski definition) is 0. The minimum Gasteiger partial charge on any atom is -0.481 e. The van der Waals surface area contributed by atoms with Crippen molar-refractivity contribution in [1.29, 1.82) is 0 Å². The van der Waals surface area contributed by atoms with Gasteiger partial charge in [0, 0.05) is 13.1 Å². The van der Waals surface area contributed by atoms with Crippen LogP contribution in [0.15, 0.2) is 12.1 Å². The molecule has 0 aromatic heterocycles. The first-order valence-electron chi connectivity index (χ1n) is 8.41. The Kier molecular flexibility index (Phi) is 5.49. The number of likely N-dealkylation sites (N-methyl/N-ethyl adjacent to an activating group) is 1. The molecule has 1 atom stereocenters. The predicted octanol–water partition coefficient (Wildman–Crippen LogP) is 4.17. The zero-order valence-electron chi connectivity index (χ0n) is 14.6. The lowest BCUT2D eigenvalue weighted by Gasteiger charge is -2.33. The largest absolute Gasteiger partial charge is 0.481 e. The second-order valence-corrected chi connectivity index (χ2v) is 6.71. The van der Waals surface area contributed by atoms with Gasteiger partial charge < -0.3 is 9.64 Å². The van der Waals surface area contributed by atoms with Gasteiger partial charge >= 0.3 is 0 Å². The van der Waals surface area contributed by atoms with Gasteiger partial charge in [0.1, 0.15) is 5.75 Å². The molecule has 22 heavy (non-hydrogen) atoms. The molecule has 0 saturated heterocycles. The molecule has 0 N–H and O–H groups in total. The number of carbonyl (C=O) groups excluding carboxylic acids is 1. The zero-order valence-corrected chi connectivity index (χ0v) is 14.6. The maximum atomic E-state index is 12.6. The van der Waals surface area contributed by atoms with Gasteiger partial charge in [0.05, 0.1) is 0 Å². The average molecular weight is 303 g/mol. The number of aryl methyl sites for hydroxylation is 2. The number of nitrogens with zero attached hydrogens (tertiary/aromatic N) is 1. The highest BCUT2D eigenvalue weighted by molar-refractivity contribution is 5.81. The van der Waals surface area contributed by atoms with Crippen molar-refractivity contribution in [3.63, 3.8) is 0 Å². The van der Waals surface area contributed by atoms with Crippen LogP contribution in [-0.4, -0.2) is 30.0 Å². The van der Waals surface area contributed by atoms with Crippen LogP contribution in [0.25, 0.3) is 0 Å². The summed E-state index contributed by atoms with van der Waals surface area (Å²) in [6, 6.07) is 4.54. The lowest BCUT2D eigenvalue weighted by Crippen LogP contribution is -2.44. The Morgan fingerprint density at radius 1 is 1.18 bits per heavy atom. The van der Waals surface area contributed by atoms with Gasteiger partial charge in [0.2, 0.25) is 0 Å². The fourth-order valence-corrected chi connectivity index (χ4v) is 3.30. The van der Waals surface area contributed by atoms with E-state index in [0.29, 0.717) is 6.04 Å². The van der Waals surface area contributed by atoms with Crippen LogP contribution in [0.5, 0.6) is 5.75 Å². The third-order valence-electron chi connectivity index (χ3n) is 4.89. The van der Waals surface area contributed by atoms with Crippen LogP contribution < -0.4 is 4.74 Å². The summed E-state index contributed by atoms with van der Waals surface area (Å²) in [5.74, 6) is 0.917. The van der Waals surface area contributed by atoms with Crippen molar-refractivity contribution in [2.75, 3.05) is 7.05 Å². The highest BCUT2D eigenvalue weighted by atomic mass is 16.5. The van der Waals surface area contributed by atoms with Crippen LogP contribution in [0.3, 0.4) is 0 Å². The maximum Gasteiger partial charge on any atom is 0.263 e. The fourth-order valence-electron chi connectivity index (χ4n) is 3.30. The van der Waals surface area contributed by atoms with Gasteiger partial charge in [0.15, 0.2) is 6.10 Å². The fraction of sp³-hybridized carbons (Fsp3) is 0.632. The van der Waals surface area contributed by atoms with Crippen LogP contribution in [0.1, 0.15) is 55.7 Å². The molecular weight excluding hydrogens is 274 g/mol. The van der Waals surface area contributed by atoms with Gasteiger partial charge in [-0.3, -0.25) is 4.79 Å². The molecule has 3 nitrogen and oxygen atoms in total. The van der Waals surface area contributed by atoms with E-state index in [2.05, 4.69) is 19.9 Å². The number of carbonyl (C=O) groups is 1.